The minimum atomic E-state index is -0.238. The van der Waals surface area contributed by atoms with Gasteiger partial charge in [-0.2, -0.15) is 0 Å². The van der Waals surface area contributed by atoms with E-state index in [4.69, 9.17) is 0 Å². The van der Waals surface area contributed by atoms with Gasteiger partial charge in [0.05, 0.1) is 0 Å². The summed E-state index contributed by atoms with van der Waals surface area (Å²) in [6.07, 6.45) is 5.28. The van der Waals surface area contributed by atoms with Crippen LogP contribution in [0.15, 0.2) is 18.2 Å². The van der Waals surface area contributed by atoms with Gasteiger partial charge in [0.2, 0.25) is 5.91 Å². The quantitative estimate of drug-likeness (QED) is 0.891. The third kappa shape index (κ3) is 3.01. The Hall–Kier alpha value is -1.42. The van der Waals surface area contributed by atoms with Crippen LogP contribution in [0.2, 0.25) is 0 Å². The van der Waals surface area contributed by atoms with Crippen molar-refractivity contribution >= 4 is 11.6 Å². The number of hydrogen-bond donors (Lipinski definition) is 2. The number of piperidine rings is 1. The number of carbonyl (C=O) groups is 1. The van der Waals surface area contributed by atoms with Gasteiger partial charge in [0.15, 0.2) is 0 Å². The van der Waals surface area contributed by atoms with E-state index in [-0.39, 0.29) is 11.7 Å². The van der Waals surface area contributed by atoms with Gasteiger partial charge < -0.3 is 10.6 Å². The summed E-state index contributed by atoms with van der Waals surface area (Å²) >= 11 is 0. The molecule has 2 aliphatic heterocycles. The lowest BCUT2D eigenvalue weighted by molar-refractivity contribution is -0.117. The maximum absolute atomic E-state index is 13.2. The molecule has 2 unspecified atom stereocenters. The summed E-state index contributed by atoms with van der Waals surface area (Å²) < 4.78 is 13.2. The summed E-state index contributed by atoms with van der Waals surface area (Å²) in [4.78, 5) is 12.1. The number of anilines is 1. The standard InChI is InChI=1S/C16H21FN2O/c1-10-6-12(4-5-15(10)17)19-16(20)9-11-7-13-2-3-14(8-11)18-13/h4-6,11,13-14,18H,2-3,7-9H2,1H3,(H,19,20). The van der Waals surface area contributed by atoms with Crippen molar-refractivity contribution in [3.63, 3.8) is 0 Å². The molecule has 2 fully saturated rings. The van der Waals surface area contributed by atoms with E-state index >= 15 is 0 Å². The molecule has 4 heteroatoms. The van der Waals surface area contributed by atoms with Gasteiger partial charge in [-0.1, -0.05) is 0 Å². The normalized spacial score (nSPS) is 28.4. The molecule has 2 heterocycles. The molecule has 3 rings (SSSR count). The maximum atomic E-state index is 13.2. The van der Waals surface area contributed by atoms with Crippen molar-refractivity contribution in [3.8, 4) is 0 Å². The molecule has 0 aliphatic carbocycles. The summed E-state index contributed by atoms with van der Waals surface area (Å²) in [5.74, 6) is 0.288. The monoisotopic (exact) mass is 276 g/mol. The second-order valence-electron chi connectivity index (χ2n) is 6.19. The smallest absolute Gasteiger partial charge is 0.224 e. The van der Waals surface area contributed by atoms with E-state index in [9.17, 15) is 9.18 Å². The van der Waals surface area contributed by atoms with Gasteiger partial charge in [-0.05, 0) is 62.3 Å². The Labute approximate surface area is 118 Å². The summed E-state index contributed by atoms with van der Waals surface area (Å²) in [7, 11) is 0. The lowest BCUT2D eigenvalue weighted by Crippen LogP contribution is -2.39. The SMILES string of the molecule is Cc1cc(NC(=O)CC2CC3CCC(C2)N3)ccc1F. The highest BCUT2D eigenvalue weighted by Crippen LogP contribution is 2.32. The van der Waals surface area contributed by atoms with E-state index in [0.29, 0.717) is 35.7 Å². The highest BCUT2D eigenvalue weighted by Gasteiger charge is 2.34. The Bertz CT molecular complexity index is 505. The van der Waals surface area contributed by atoms with Gasteiger partial charge in [-0.25, -0.2) is 4.39 Å². The fourth-order valence-electron chi connectivity index (χ4n) is 3.54. The maximum Gasteiger partial charge on any atom is 0.224 e. The zero-order valence-corrected chi connectivity index (χ0v) is 11.8. The number of aryl methyl sites for hydroxylation is 1. The minimum absolute atomic E-state index is 0.0438. The molecule has 2 bridgehead atoms. The molecule has 0 spiro atoms. The molecule has 0 saturated carbocycles. The van der Waals surface area contributed by atoms with Gasteiger partial charge in [-0.3, -0.25) is 4.79 Å². The van der Waals surface area contributed by atoms with Crippen molar-refractivity contribution in [1.82, 2.24) is 5.32 Å². The van der Waals surface area contributed by atoms with E-state index in [2.05, 4.69) is 10.6 Å². The second kappa shape index (κ2) is 5.52. The molecule has 1 amide bonds. The van der Waals surface area contributed by atoms with Crippen LogP contribution in [-0.4, -0.2) is 18.0 Å². The predicted molar refractivity (Wildman–Crippen MR) is 77.1 cm³/mol. The van der Waals surface area contributed by atoms with Gasteiger partial charge in [-0.15, -0.1) is 0 Å². The second-order valence-corrected chi connectivity index (χ2v) is 6.19. The van der Waals surface area contributed by atoms with Crippen LogP contribution in [0.4, 0.5) is 10.1 Å². The molecule has 20 heavy (non-hydrogen) atoms. The topological polar surface area (TPSA) is 41.1 Å². The van der Waals surface area contributed by atoms with E-state index in [1.165, 1.54) is 18.9 Å². The summed E-state index contributed by atoms with van der Waals surface area (Å²) in [5.41, 5.74) is 1.24. The predicted octanol–water partition coefficient (Wildman–Crippen LogP) is 2.99. The van der Waals surface area contributed by atoms with Crippen LogP contribution in [-0.2, 0) is 4.79 Å². The molecule has 2 saturated heterocycles. The molecule has 2 atom stereocenters. The minimum Gasteiger partial charge on any atom is -0.326 e. The first-order chi connectivity index (χ1) is 9.60. The summed E-state index contributed by atoms with van der Waals surface area (Å²) in [6, 6.07) is 5.92. The van der Waals surface area contributed by atoms with Gasteiger partial charge in [0, 0.05) is 24.2 Å². The van der Waals surface area contributed by atoms with Crippen molar-refractivity contribution in [2.45, 2.75) is 51.1 Å². The lowest BCUT2D eigenvalue weighted by Gasteiger charge is -2.28. The number of nitrogens with one attached hydrogen (secondary N) is 2. The first kappa shape index (κ1) is 13.6. The average Bonchev–Trinajstić information content (AvgIpc) is 2.73. The van der Waals surface area contributed by atoms with Crippen molar-refractivity contribution in [2.24, 2.45) is 5.92 Å². The van der Waals surface area contributed by atoms with Crippen molar-refractivity contribution in [2.75, 3.05) is 5.32 Å². The van der Waals surface area contributed by atoms with Crippen LogP contribution >= 0.6 is 0 Å². The highest BCUT2D eigenvalue weighted by atomic mass is 19.1. The Balaban J connectivity index is 1.55. The number of fused-ring (bicyclic) bond motifs is 2. The summed E-state index contributed by atoms with van der Waals surface area (Å²) in [6.45, 7) is 1.70. The van der Waals surface area contributed by atoms with E-state index in [1.807, 2.05) is 0 Å². The zero-order chi connectivity index (χ0) is 14.1. The van der Waals surface area contributed by atoms with Crippen LogP contribution in [0.5, 0.6) is 0 Å². The third-order valence-electron chi connectivity index (χ3n) is 4.49. The molecule has 0 aromatic heterocycles. The Morgan fingerprint density at radius 1 is 1.35 bits per heavy atom. The van der Waals surface area contributed by atoms with Crippen molar-refractivity contribution < 1.29 is 9.18 Å². The Morgan fingerprint density at radius 2 is 2.05 bits per heavy atom. The van der Waals surface area contributed by atoms with Crippen molar-refractivity contribution in [3.05, 3.63) is 29.6 Å². The number of halogens is 1. The third-order valence-corrected chi connectivity index (χ3v) is 4.49. The van der Waals surface area contributed by atoms with E-state index in [0.717, 1.165) is 12.8 Å². The number of hydrogen-bond acceptors (Lipinski definition) is 2. The van der Waals surface area contributed by atoms with Gasteiger partial charge in [0.1, 0.15) is 5.82 Å². The molecular weight excluding hydrogens is 255 g/mol. The molecule has 1 aromatic carbocycles. The largest absolute Gasteiger partial charge is 0.326 e. The number of benzene rings is 1. The van der Waals surface area contributed by atoms with Crippen LogP contribution in [0, 0.1) is 18.7 Å². The van der Waals surface area contributed by atoms with E-state index < -0.39 is 0 Å². The fraction of sp³-hybridized carbons (Fsp3) is 0.562. The Kier molecular flexibility index (Phi) is 3.74. The molecule has 2 aliphatic rings. The molecule has 1 aromatic rings. The molecule has 0 radical (unpaired) electrons. The number of rotatable bonds is 3. The lowest BCUT2D eigenvalue weighted by atomic mass is 9.89. The summed E-state index contributed by atoms with van der Waals surface area (Å²) in [5, 5.41) is 6.46. The molecule has 2 N–H and O–H groups in total. The van der Waals surface area contributed by atoms with Crippen LogP contribution in [0.25, 0.3) is 0 Å². The number of carbonyl (C=O) groups excluding carboxylic acids is 1. The first-order valence-electron chi connectivity index (χ1n) is 7.42. The Morgan fingerprint density at radius 3 is 2.70 bits per heavy atom. The highest BCUT2D eigenvalue weighted by molar-refractivity contribution is 5.90. The molecule has 3 nitrogen and oxygen atoms in total. The molecular formula is C16H21FN2O. The number of amides is 1. The average molecular weight is 276 g/mol. The first-order valence-corrected chi connectivity index (χ1v) is 7.42. The van der Waals surface area contributed by atoms with E-state index in [1.54, 1.807) is 19.1 Å². The molecule has 108 valence electrons. The van der Waals surface area contributed by atoms with Crippen molar-refractivity contribution in [1.29, 1.82) is 0 Å². The van der Waals surface area contributed by atoms with Crippen LogP contribution < -0.4 is 10.6 Å². The van der Waals surface area contributed by atoms with Gasteiger partial charge >= 0.3 is 0 Å². The van der Waals surface area contributed by atoms with Gasteiger partial charge in [0.25, 0.3) is 0 Å². The fourth-order valence-corrected chi connectivity index (χ4v) is 3.54. The van der Waals surface area contributed by atoms with Crippen LogP contribution in [0.3, 0.4) is 0 Å². The van der Waals surface area contributed by atoms with Crippen LogP contribution in [0.1, 0.15) is 37.7 Å². The zero-order valence-electron chi connectivity index (χ0n) is 11.8.